The summed E-state index contributed by atoms with van der Waals surface area (Å²) in [7, 11) is 0. The highest BCUT2D eigenvalue weighted by molar-refractivity contribution is 5.78. The Hall–Kier alpha value is -2.40. The Kier molecular flexibility index (Phi) is 6.32. The van der Waals surface area contributed by atoms with E-state index in [2.05, 4.69) is 5.32 Å². The molecule has 24 heavy (non-hydrogen) atoms. The topological polar surface area (TPSA) is 58.6 Å². The lowest BCUT2D eigenvalue weighted by Gasteiger charge is -2.15. The molecule has 0 aliphatic heterocycles. The van der Waals surface area contributed by atoms with E-state index in [-0.39, 0.29) is 30.8 Å². The third-order valence-corrected chi connectivity index (χ3v) is 3.36. The zero-order valence-corrected chi connectivity index (χ0v) is 13.8. The second-order valence-electron chi connectivity index (χ2n) is 5.87. The van der Waals surface area contributed by atoms with Crippen molar-refractivity contribution in [1.82, 2.24) is 5.32 Å². The van der Waals surface area contributed by atoms with Crippen LogP contribution < -0.4 is 10.1 Å². The third-order valence-electron chi connectivity index (χ3n) is 3.36. The van der Waals surface area contributed by atoms with Crippen LogP contribution in [0.25, 0.3) is 0 Å². The number of halogens is 1. The first kappa shape index (κ1) is 17.9. The van der Waals surface area contributed by atoms with Crippen LogP contribution in [0.4, 0.5) is 4.39 Å². The highest BCUT2D eigenvalue weighted by atomic mass is 19.1. The van der Waals surface area contributed by atoms with Gasteiger partial charge in [0.05, 0.1) is 18.6 Å². The summed E-state index contributed by atoms with van der Waals surface area (Å²) < 4.78 is 18.7. The van der Waals surface area contributed by atoms with Crippen LogP contribution in [0.5, 0.6) is 5.75 Å². The molecular weight excluding hydrogens is 309 g/mol. The minimum atomic E-state index is -0.836. The predicted octanol–water partition coefficient (Wildman–Crippen LogP) is 3.01. The number of aliphatic hydroxyl groups is 1. The molecule has 5 heteroatoms. The van der Waals surface area contributed by atoms with E-state index in [1.807, 2.05) is 19.9 Å². The molecule has 0 spiro atoms. The SMILES string of the molecule is CC(C)Oc1cccc([C@H](O)CNC(=O)Cc2cccc(F)c2)c1. The zero-order valence-electron chi connectivity index (χ0n) is 13.8. The maximum absolute atomic E-state index is 13.1. The summed E-state index contributed by atoms with van der Waals surface area (Å²) in [5.74, 6) is 0.0316. The van der Waals surface area contributed by atoms with Crippen molar-refractivity contribution in [3.05, 3.63) is 65.5 Å². The van der Waals surface area contributed by atoms with Gasteiger partial charge in [0, 0.05) is 6.54 Å². The summed E-state index contributed by atoms with van der Waals surface area (Å²) in [5, 5.41) is 12.9. The van der Waals surface area contributed by atoms with Gasteiger partial charge in [-0.1, -0.05) is 24.3 Å². The number of aliphatic hydroxyl groups excluding tert-OH is 1. The van der Waals surface area contributed by atoms with Crippen LogP contribution in [0, 0.1) is 5.82 Å². The lowest BCUT2D eigenvalue weighted by atomic mass is 10.1. The van der Waals surface area contributed by atoms with Crippen molar-refractivity contribution in [3.63, 3.8) is 0 Å². The number of ether oxygens (including phenoxy) is 1. The Bertz CT molecular complexity index is 688. The quantitative estimate of drug-likeness (QED) is 0.820. The summed E-state index contributed by atoms with van der Waals surface area (Å²) in [6, 6.07) is 13.0. The molecule has 0 aliphatic rings. The molecule has 2 rings (SSSR count). The zero-order chi connectivity index (χ0) is 17.5. The number of carbonyl (C=O) groups is 1. The van der Waals surface area contributed by atoms with Crippen LogP contribution in [-0.2, 0) is 11.2 Å². The van der Waals surface area contributed by atoms with E-state index in [9.17, 15) is 14.3 Å². The third kappa shape index (κ3) is 5.66. The van der Waals surface area contributed by atoms with E-state index in [0.29, 0.717) is 16.9 Å². The molecule has 0 bridgehead atoms. The largest absolute Gasteiger partial charge is 0.491 e. The second kappa shape index (κ2) is 8.45. The summed E-state index contributed by atoms with van der Waals surface area (Å²) in [6.45, 7) is 3.94. The van der Waals surface area contributed by atoms with E-state index < -0.39 is 6.10 Å². The second-order valence-corrected chi connectivity index (χ2v) is 5.87. The number of hydrogen-bond acceptors (Lipinski definition) is 3. The minimum Gasteiger partial charge on any atom is -0.491 e. The Morgan fingerprint density at radius 1 is 1.21 bits per heavy atom. The molecule has 0 aromatic heterocycles. The number of benzene rings is 2. The molecule has 0 aliphatic carbocycles. The molecule has 0 saturated carbocycles. The van der Waals surface area contributed by atoms with Crippen molar-refractivity contribution in [2.75, 3.05) is 6.54 Å². The molecule has 1 amide bonds. The molecule has 2 N–H and O–H groups in total. The standard InChI is InChI=1S/C19H22FNO3/c1-13(2)24-17-8-4-6-15(11-17)18(22)12-21-19(23)10-14-5-3-7-16(20)9-14/h3-9,11,13,18,22H,10,12H2,1-2H3,(H,21,23)/t18-/m1/s1. The van der Waals surface area contributed by atoms with Crippen molar-refractivity contribution in [3.8, 4) is 5.75 Å². The molecule has 1 atom stereocenters. The van der Waals surface area contributed by atoms with Gasteiger partial charge in [0.2, 0.25) is 5.91 Å². The number of rotatable bonds is 7. The van der Waals surface area contributed by atoms with Crippen LogP contribution >= 0.6 is 0 Å². The van der Waals surface area contributed by atoms with Crippen molar-refractivity contribution < 1.29 is 19.0 Å². The molecule has 128 valence electrons. The highest BCUT2D eigenvalue weighted by Crippen LogP contribution is 2.20. The maximum atomic E-state index is 13.1. The van der Waals surface area contributed by atoms with E-state index in [1.54, 1.807) is 30.3 Å². The first-order valence-electron chi connectivity index (χ1n) is 7.90. The Morgan fingerprint density at radius 2 is 1.96 bits per heavy atom. The number of amides is 1. The maximum Gasteiger partial charge on any atom is 0.224 e. The van der Waals surface area contributed by atoms with Gasteiger partial charge in [-0.15, -0.1) is 0 Å². The number of carbonyl (C=O) groups excluding carboxylic acids is 1. The van der Waals surface area contributed by atoms with Gasteiger partial charge in [-0.3, -0.25) is 4.79 Å². The van der Waals surface area contributed by atoms with Crippen molar-refractivity contribution in [2.24, 2.45) is 0 Å². The van der Waals surface area contributed by atoms with Gasteiger partial charge < -0.3 is 15.2 Å². The van der Waals surface area contributed by atoms with E-state index >= 15 is 0 Å². The molecule has 0 fully saturated rings. The fraction of sp³-hybridized carbons (Fsp3) is 0.316. The van der Waals surface area contributed by atoms with Crippen LogP contribution in [0.2, 0.25) is 0 Å². The smallest absolute Gasteiger partial charge is 0.224 e. The summed E-state index contributed by atoms with van der Waals surface area (Å²) in [4.78, 5) is 11.9. The van der Waals surface area contributed by atoms with Crippen LogP contribution in [0.1, 0.15) is 31.1 Å². The Labute approximate surface area is 141 Å². The van der Waals surface area contributed by atoms with Crippen LogP contribution in [0.3, 0.4) is 0 Å². The molecular formula is C19H22FNO3. The molecule has 0 radical (unpaired) electrons. The predicted molar refractivity (Wildman–Crippen MR) is 90.3 cm³/mol. The van der Waals surface area contributed by atoms with E-state index in [4.69, 9.17) is 4.74 Å². The minimum absolute atomic E-state index is 0.0448. The van der Waals surface area contributed by atoms with Crippen molar-refractivity contribution >= 4 is 5.91 Å². The van der Waals surface area contributed by atoms with Gasteiger partial charge >= 0.3 is 0 Å². The fourth-order valence-electron chi connectivity index (χ4n) is 2.29. The lowest BCUT2D eigenvalue weighted by Crippen LogP contribution is -2.29. The van der Waals surface area contributed by atoms with Gasteiger partial charge in [-0.25, -0.2) is 4.39 Å². The summed E-state index contributed by atoms with van der Waals surface area (Å²) in [6.07, 6.45) is -0.721. The molecule has 4 nitrogen and oxygen atoms in total. The first-order valence-corrected chi connectivity index (χ1v) is 7.90. The molecule has 0 unspecified atom stereocenters. The molecule has 2 aromatic carbocycles. The average molecular weight is 331 g/mol. The van der Waals surface area contributed by atoms with Gasteiger partial charge in [-0.05, 0) is 49.2 Å². The van der Waals surface area contributed by atoms with Crippen molar-refractivity contribution in [2.45, 2.75) is 32.5 Å². The average Bonchev–Trinajstić information content (AvgIpc) is 2.52. The molecule has 0 heterocycles. The van der Waals surface area contributed by atoms with Crippen LogP contribution in [-0.4, -0.2) is 23.7 Å². The number of hydrogen-bond donors (Lipinski definition) is 2. The lowest BCUT2D eigenvalue weighted by molar-refractivity contribution is -0.120. The van der Waals surface area contributed by atoms with Gasteiger partial charge in [-0.2, -0.15) is 0 Å². The Balaban J connectivity index is 1.88. The summed E-state index contributed by atoms with van der Waals surface area (Å²) >= 11 is 0. The normalized spacial score (nSPS) is 12.0. The van der Waals surface area contributed by atoms with Crippen LogP contribution in [0.15, 0.2) is 48.5 Å². The Morgan fingerprint density at radius 3 is 2.67 bits per heavy atom. The number of nitrogens with one attached hydrogen (secondary N) is 1. The monoisotopic (exact) mass is 331 g/mol. The van der Waals surface area contributed by atoms with Gasteiger partial charge in [0.1, 0.15) is 11.6 Å². The first-order chi connectivity index (χ1) is 11.4. The van der Waals surface area contributed by atoms with Crippen molar-refractivity contribution in [1.29, 1.82) is 0 Å². The van der Waals surface area contributed by atoms with E-state index in [0.717, 1.165) is 0 Å². The fourth-order valence-corrected chi connectivity index (χ4v) is 2.29. The van der Waals surface area contributed by atoms with Gasteiger partial charge in [0.15, 0.2) is 0 Å². The summed E-state index contributed by atoms with van der Waals surface area (Å²) in [5.41, 5.74) is 1.26. The molecule has 0 saturated heterocycles. The van der Waals surface area contributed by atoms with Gasteiger partial charge in [0.25, 0.3) is 0 Å². The molecule has 2 aromatic rings. The van der Waals surface area contributed by atoms with E-state index in [1.165, 1.54) is 12.1 Å². The highest BCUT2D eigenvalue weighted by Gasteiger charge is 2.11.